The van der Waals surface area contributed by atoms with Gasteiger partial charge in [0.25, 0.3) is 0 Å². The third-order valence-corrected chi connectivity index (χ3v) is 2.82. The molecule has 5 heteroatoms. The first-order valence-corrected chi connectivity index (χ1v) is 6.68. The highest BCUT2D eigenvalue weighted by atomic mass is 15.1. The monoisotopic (exact) mass is 287 g/mol. The maximum Gasteiger partial charge on any atom is 0.229 e. The molecule has 0 saturated carbocycles. The average Bonchev–Trinajstić information content (AvgIpc) is 2.55. The minimum absolute atomic E-state index is 0.426. The lowest BCUT2D eigenvalue weighted by Crippen LogP contribution is -1.99. The summed E-state index contributed by atoms with van der Waals surface area (Å²) >= 11 is 0. The van der Waals surface area contributed by atoms with Crippen molar-refractivity contribution in [2.75, 3.05) is 11.1 Å². The molecule has 0 unspecified atom stereocenters. The SMILES string of the molecule is Nc1ccnc(Nc2ccc(C#Cc3ccccn3)cc2)n1. The molecule has 2 heterocycles. The highest BCUT2D eigenvalue weighted by Crippen LogP contribution is 2.14. The van der Waals surface area contributed by atoms with E-state index in [4.69, 9.17) is 5.73 Å². The Balaban J connectivity index is 1.72. The molecule has 0 aliphatic heterocycles. The number of nitrogens with zero attached hydrogens (tertiary/aromatic N) is 3. The molecule has 5 nitrogen and oxygen atoms in total. The molecule has 1 aromatic carbocycles. The summed E-state index contributed by atoms with van der Waals surface area (Å²) < 4.78 is 0. The fourth-order valence-corrected chi connectivity index (χ4v) is 1.77. The molecular weight excluding hydrogens is 274 g/mol. The van der Waals surface area contributed by atoms with E-state index in [0.717, 1.165) is 16.9 Å². The fourth-order valence-electron chi connectivity index (χ4n) is 1.77. The van der Waals surface area contributed by atoms with Gasteiger partial charge < -0.3 is 11.1 Å². The zero-order valence-corrected chi connectivity index (χ0v) is 11.7. The molecule has 106 valence electrons. The molecule has 22 heavy (non-hydrogen) atoms. The Labute approximate surface area is 128 Å². The van der Waals surface area contributed by atoms with Gasteiger partial charge in [-0.25, -0.2) is 9.97 Å². The predicted octanol–water partition coefficient (Wildman–Crippen LogP) is 2.60. The number of aromatic nitrogens is 3. The van der Waals surface area contributed by atoms with E-state index in [1.165, 1.54) is 0 Å². The van der Waals surface area contributed by atoms with Gasteiger partial charge in [-0.05, 0) is 48.4 Å². The van der Waals surface area contributed by atoms with Gasteiger partial charge in [0, 0.05) is 23.6 Å². The van der Waals surface area contributed by atoms with Crippen LogP contribution >= 0.6 is 0 Å². The van der Waals surface area contributed by atoms with Crippen LogP contribution in [0, 0.1) is 11.8 Å². The van der Waals surface area contributed by atoms with Crippen LogP contribution in [0.15, 0.2) is 60.9 Å². The van der Waals surface area contributed by atoms with Gasteiger partial charge in [-0.2, -0.15) is 4.98 Å². The van der Waals surface area contributed by atoms with Crippen LogP contribution < -0.4 is 11.1 Å². The zero-order valence-electron chi connectivity index (χ0n) is 11.7. The maximum atomic E-state index is 5.62. The van der Waals surface area contributed by atoms with Gasteiger partial charge >= 0.3 is 0 Å². The number of nitrogens with two attached hydrogens (primary N) is 1. The van der Waals surface area contributed by atoms with Gasteiger partial charge in [-0.1, -0.05) is 12.0 Å². The lowest BCUT2D eigenvalue weighted by atomic mass is 10.2. The molecule has 3 aromatic rings. The van der Waals surface area contributed by atoms with Crippen LogP contribution in [0.4, 0.5) is 17.5 Å². The van der Waals surface area contributed by atoms with Gasteiger partial charge in [-0.3, -0.25) is 0 Å². The lowest BCUT2D eigenvalue weighted by molar-refractivity contribution is 1.17. The Bertz CT molecular complexity index is 817. The summed E-state index contributed by atoms with van der Waals surface area (Å²) in [6, 6.07) is 15.0. The second-order valence-corrected chi connectivity index (χ2v) is 4.47. The molecule has 0 bridgehead atoms. The second kappa shape index (κ2) is 6.37. The van der Waals surface area contributed by atoms with Gasteiger partial charge in [0.1, 0.15) is 11.5 Å². The van der Waals surface area contributed by atoms with Gasteiger partial charge in [-0.15, -0.1) is 0 Å². The number of hydrogen-bond acceptors (Lipinski definition) is 5. The fraction of sp³-hybridized carbons (Fsp3) is 0. The van der Waals surface area contributed by atoms with Crippen molar-refractivity contribution in [1.29, 1.82) is 0 Å². The third kappa shape index (κ3) is 3.58. The van der Waals surface area contributed by atoms with E-state index in [2.05, 4.69) is 32.1 Å². The Morgan fingerprint density at radius 1 is 0.864 bits per heavy atom. The minimum atomic E-state index is 0.426. The van der Waals surface area contributed by atoms with Crippen LogP contribution in [0.25, 0.3) is 0 Å². The molecule has 2 aromatic heterocycles. The Hall–Kier alpha value is -3.39. The van der Waals surface area contributed by atoms with E-state index in [-0.39, 0.29) is 0 Å². The number of nitrogen functional groups attached to an aromatic ring is 1. The van der Waals surface area contributed by atoms with E-state index in [1.54, 1.807) is 18.5 Å². The maximum absolute atomic E-state index is 5.62. The Morgan fingerprint density at radius 2 is 1.73 bits per heavy atom. The standard InChI is InChI=1S/C17H13N5/c18-16-10-12-20-17(22-16)21-15-8-5-13(6-9-15)4-7-14-3-1-2-11-19-14/h1-3,5-6,8-12H,(H3,18,20,21,22). The second-order valence-electron chi connectivity index (χ2n) is 4.47. The number of nitrogens with one attached hydrogen (secondary N) is 1. The van der Waals surface area contributed by atoms with E-state index in [9.17, 15) is 0 Å². The molecule has 0 spiro atoms. The van der Waals surface area contributed by atoms with E-state index in [0.29, 0.717) is 11.8 Å². The van der Waals surface area contributed by atoms with Crippen molar-refractivity contribution in [2.45, 2.75) is 0 Å². The molecule has 0 amide bonds. The topological polar surface area (TPSA) is 76.7 Å². The van der Waals surface area contributed by atoms with E-state index in [1.807, 2.05) is 42.5 Å². The summed E-state index contributed by atoms with van der Waals surface area (Å²) in [7, 11) is 0. The third-order valence-electron chi connectivity index (χ3n) is 2.82. The first kappa shape index (κ1) is 13.6. The molecule has 3 rings (SSSR count). The van der Waals surface area contributed by atoms with Gasteiger partial charge in [0.05, 0.1) is 0 Å². The van der Waals surface area contributed by atoms with Crippen LogP contribution in [0.3, 0.4) is 0 Å². The number of benzene rings is 1. The van der Waals surface area contributed by atoms with E-state index >= 15 is 0 Å². The molecular formula is C17H13N5. The lowest BCUT2D eigenvalue weighted by Gasteiger charge is -2.04. The zero-order chi connectivity index (χ0) is 15.2. The first-order valence-electron chi connectivity index (χ1n) is 6.68. The summed E-state index contributed by atoms with van der Waals surface area (Å²) in [6.45, 7) is 0. The van der Waals surface area contributed by atoms with Crippen molar-refractivity contribution in [1.82, 2.24) is 15.0 Å². The summed E-state index contributed by atoms with van der Waals surface area (Å²) in [5, 5.41) is 3.08. The van der Waals surface area contributed by atoms with Crippen LogP contribution in [0.1, 0.15) is 11.3 Å². The summed E-state index contributed by atoms with van der Waals surface area (Å²) in [6.07, 6.45) is 3.33. The quantitative estimate of drug-likeness (QED) is 0.708. The highest BCUT2D eigenvalue weighted by Gasteiger charge is 1.98. The number of pyridine rings is 1. The Morgan fingerprint density at radius 3 is 2.45 bits per heavy atom. The van der Waals surface area contributed by atoms with Crippen molar-refractivity contribution < 1.29 is 0 Å². The molecule has 0 aliphatic rings. The minimum Gasteiger partial charge on any atom is -0.384 e. The molecule has 0 fully saturated rings. The predicted molar refractivity (Wildman–Crippen MR) is 86.4 cm³/mol. The van der Waals surface area contributed by atoms with Crippen molar-refractivity contribution >= 4 is 17.5 Å². The largest absolute Gasteiger partial charge is 0.384 e. The smallest absolute Gasteiger partial charge is 0.229 e. The van der Waals surface area contributed by atoms with E-state index < -0.39 is 0 Å². The molecule has 3 N–H and O–H groups in total. The van der Waals surface area contributed by atoms with Crippen molar-refractivity contribution in [3.63, 3.8) is 0 Å². The molecule has 0 atom stereocenters. The van der Waals surface area contributed by atoms with Crippen LogP contribution in [0.5, 0.6) is 0 Å². The van der Waals surface area contributed by atoms with Gasteiger partial charge in [0.15, 0.2) is 0 Å². The first-order chi connectivity index (χ1) is 10.8. The number of hydrogen-bond donors (Lipinski definition) is 2. The number of anilines is 3. The molecule has 0 radical (unpaired) electrons. The van der Waals surface area contributed by atoms with Gasteiger partial charge in [0.2, 0.25) is 5.95 Å². The van der Waals surface area contributed by atoms with Crippen LogP contribution in [-0.4, -0.2) is 15.0 Å². The summed E-state index contributed by atoms with van der Waals surface area (Å²) in [5.74, 6) is 6.98. The van der Waals surface area contributed by atoms with Crippen LogP contribution in [0.2, 0.25) is 0 Å². The average molecular weight is 287 g/mol. The molecule has 0 saturated heterocycles. The van der Waals surface area contributed by atoms with Crippen molar-refractivity contribution in [2.24, 2.45) is 0 Å². The normalized spacial score (nSPS) is 9.64. The van der Waals surface area contributed by atoms with Crippen molar-refractivity contribution in [3.05, 3.63) is 72.2 Å². The summed E-state index contributed by atoms with van der Waals surface area (Å²) in [4.78, 5) is 12.3. The highest BCUT2D eigenvalue weighted by molar-refractivity contribution is 5.56. The molecule has 0 aliphatic carbocycles. The number of rotatable bonds is 2. The van der Waals surface area contributed by atoms with Crippen molar-refractivity contribution in [3.8, 4) is 11.8 Å². The summed E-state index contributed by atoms with van der Waals surface area (Å²) in [5.41, 5.74) is 8.14. The Kier molecular flexibility index (Phi) is 3.94. The van der Waals surface area contributed by atoms with Crippen LogP contribution in [-0.2, 0) is 0 Å².